The van der Waals surface area contributed by atoms with Crippen LogP contribution in [0.2, 0.25) is 0 Å². The van der Waals surface area contributed by atoms with Crippen molar-refractivity contribution in [1.82, 2.24) is 15.2 Å². The third-order valence-electron chi connectivity index (χ3n) is 5.24. The lowest BCUT2D eigenvalue weighted by atomic mass is 10.1. The van der Waals surface area contributed by atoms with Crippen molar-refractivity contribution in [1.29, 1.82) is 0 Å². The summed E-state index contributed by atoms with van der Waals surface area (Å²) < 4.78 is 14.1. The van der Waals surface area contributed by atoms with Gasteiger partial charge < -0.3 is 9.47 Å². The van der Waals surface area contributed by atoms with Gasteiger partial charge in [-0.3, -0.25) is 4.79 Å². The van der Waals surface area contributed by atoms with Crippen LogP contribution in [0.3, 0.4) is 0 Å². The van der Waals surface area contributed by atoms with Gasteiger partial charge in [0.05, 0.1) is 18.5 Å². The molecule has 1 aromatic heterocycles. The molecule has 0 aliphatic heterocycles. The van der Waals surface area contributed by atoms with Crippen LogP contribution < -0.4 is 14.9 Å². The van der Waals surface area contributed by atoms with E-state index in [1.807, 2.05) is 72.9 Å². The third-order valence-corrected chi connectivity index (χ3v) is 5.77. The smallest absolute Gasteiger partial charge is 0.280 e. The molecule has 36 heavy (non-hydrogen) atoms. The van der Waals surface area contributed by atoms with E-state index in [2.05, 4.69) is 33.4 Å². The molecule has 1 N–H and O–H groups in total. The normalized spacial score (nSPS) is 11.9. The van der Waals surface area contributed by atoms with Gasteiger partial charge in [0.25, 0.3) is 5.91 Å². The Morgan fingerprint density at radius 3 is 2.44 bits per heavy atom. The highest BCUT2D eigenvalue weighted by Crippen LogP contribution is 2.25. The van der Waals surface area contributed by atoms with Crippen LogP contribution in [-0.4, -0.2) is 34.6 Å². The largest absolute Gasteiger partial charge is 0.494 e. The lowest BCUT2D eigenvalue weighted by molar-refractivity contribution is -0.127. The summed E-state index contributed by atoms with van der Waals surface area (Å²) in [5.41, 5.74) is 5.88. The topological polar surface area (TPSA) is 77.7 Å². The molecule has 7 nitrogen and oxygen atoms in total. The Morgan fingerprint density at radius 2 is 1.75 bits per heavy atom. The van der Waals surface area contributed by atoms with Gasteiger partial charge in [-0.05, 0) is 74.0 Å². The Kier molecular flexibility index (Phi) is 8.52. The zero-order chi connectivity index (χ0) is 25.3. The first-order valence-electron chi connectivity index (χ1n) is 11.7. The van der Waals surface area contributed by atoms with Gasteiger partial charge in [-0.15, -0.1) is 0 Å². The van der Waals surface area contributed by atoms with Crippen LogP contribution in [0, 0.1) is 0 Å². The fraction of sp³-hybridized carbons (Fsp3) is 0.179. The summed E-state index contributed by atoms with van der Waals surface area (Å²) in [5.74, 6) is 1.05. The first kappa shape index (κ1) is 25.2. The summed E-state index contributed by atoms with van der Waals surface area (Å²) in [5, 5.41) is 8.96. The molecule has 184 valence electrons. The van der Waals surface area contributed by atoms with E-state index >= 15 is 0 Å². The van der Waals surface area contributed by atoms with E-state index in [9.17, 15) is 4.79 Å². The van der Waals surface area contributed by atoms with Crippen molar-refractivity contribution in [3.63, 3.8) is 0 Å². The van der Waals surface area contributed by atoms with E-state index in [0.717, 1.165) is 39.2 Å². The van der Waals surface area contributed by atoms with Crippen molar-refractivity contribution in [2.45, 2.75) is 26.4 Å². The molecule has 1 amide bonds. The zero-order valence-corrected chi connectivity index (χ0v) is 21.7. The van der Waals surface area contributed by atoms with E-state index in [4.69, 9.17) is 14.6 Å². The standard InChI is InChI=1S/C28H27BrN4O3/c1-3-17-35-25-13-9-21(10-14-25)27-22(19-33(32-27)24-7-5-4-6-8-24)18-30-31-28(34)20(2)36-26-15-11-23(29)12-16-26/h4-16,18-20H,3,17H2,1-2H3,(H,31,34). The van der Waals surface area contributed by atoms with Crippen LogP contribution >= 0.6 is 15.9 Å². The van der Waals surface area contributed by atoms with Crippen LogP contribution in [0.5, 0.6) is 11.5 Å². The number of rotatable bonds is 10. The molecular weight excluding hydrogens is 520 g/mol. The molecule has 8 heteroatoms. The first-order valence-corrected chi connectivity index (χ1v) is 12.5. The number of carbonyl (C=O) groups excluding carboxylic acids is 1. The number of halogens is 1. The van der Waals surface area contributed by atoms with Crippen LogP contribution in [0.4, 0.5) is 0 Å². The van der Waals surface area contributed by atoms with Gasteiger partial charge in [0, 0.05) is 21.8 Å². The Bertz CT molecular complexity index is 1300. The molecule has 1 atom stereocenters. The molecule has 0 aliphatic rings. The molecule has 1 heterocycles. The highest BCUT2D eigenvalue weighted by atomic mass is 79.9. The summed E-state index contributed by atoms with van der Waals surface area (Å²) in [7, 11) is 0. The van der Waals surface area contributed by atoms with E-state index in [1.165, 1.54) is 0 Å². The number of aromatic nitrogens is 2. The van der Waals surface area contributed by atoms with E-state index < -0.39 is 6.10 Å². The SMILES string of the molecule is CCCOc1ccc(-c2nn(-c3ccccc3)cc2C=NNC(=O)C(C)Oc2ccc(Br)cc2)cc1. The first-order chi connectivity index (χ1) is 17.5. The van der Waals surface area contributed by atoms with Crippen LogP contribution in [0.25, 0.3) is 16.9 Å². The number of hydrogen-bond donors (Lipinski definition) is 1. The highest BCUT2D eigenvalue weighted by molar-refractivity contribution is 9.10. The average molecular weight is 547 g/mol. The Labute approximate surface area is 218 Å². The molecule has 3 aromatic carbocycles. The van der Waals surface area contributed by atoms with Gasteiger partial charge in [0.1, 0.15) is 17.2 Å². The fourth-order valence-corrected chi connectivity index (χ4v) is 3.64. The van der Waals surface area contributed by atoms with Gasteiger partial charge in [-0.2, -0.15) is 10.2 Å². The van der Waals surface area contributed by atoms with Crippen molar-refractivity contribution >= 4 is 28.1 Å². The highest BCUT2D eigenvalue weighted by Gasteiger charge is 2.15. The minimum atomic E-state index is -0.717. The predicted molar refractivity (Wildman–Crippen MR) is 145 cm³/mol. The van der Waals surface area contributed by atoms with E-state index in [0.29, 0.717) is 12.4 Å². The third kappa shape index (κ3) is 6.60. The van der Waals surface area contributed by atoms with Crippen LogP contribution in [0.15, 0.2) is 94.6 Å². The second-order valence-electron chi connectivity index (χ2n) is 8.03. The monoisotopic (exact) mass is 546 g/mol. The molecule has 0 radical (unpaired) electrons. The summed E-state index contributed by atoms with van der Waals surface area (Å²) in [4.78, 5) is 12.5. The summed E-state index contributed by atoms with van der Waals surface area (Å²) in [6, 6.07) is 24.9. The van der Waals surface area contributed by atoms with E-state index in [-0.39, 0.29) is 5.91 Å². The van der Waals surface area contributed by atoms with Crippen molar-refractivity contribution in [2.24, 2.45) is 5.10 Å². The molecule has 0 aliphatic carbocycles. The van der Waals surface area contributed by atoms with Gasteiger partial charge in [0.15, 0.2) is 6.10 Å². The Morgan fingerprint density at radius 1 is 1.06 bits per heavy atom. The molecule has 4 rings (SSSR count). The van der Waals surface area contributed by atoms with Crippen molar-refractivity contribution in [3.05, 3.63) is 95.1 Å². The minimum Gasteiger partial charge on any atom is -0.494 e. The van der Waals surface area contributed by atoms with Gasteiger partial charge >= 0.3 is 0 Å². The van der Waals surface area contributed by atoms with Gasteiger partial charge in [0.2, 0.25) is 0 Å². The molecule has 0 saturated carbocycles. The number of hydrazone groups is 1. The van der Waals surface area contributed by atoms with Gasteiger partial charge in [-0.25, -0.2) is 10.1 Å². The number of para-hydroxylation sites is 1. The van der Waals surface area contributed by atoms with Crippen molar-refractivity contribution in [3.8, 4) is 28.4 Å². The lowest BCUT2D eigenvalue weighted by Gasteiger charge is -2.12. The fourth-order valence-electron chi connectivity index (χ4n) is 3.38. The maximum absolute atomic E-state index is 12.5. The number of amides is 1. The Balaban J connectivity index is 1.51. The van der Waals surface area contributed by atoms with Gasteiger partial charge in [-0.1, -0.05) is 41.1 Å². The molecule has 0 spiro atoms. The second-order valence-corrected chi connectivity index (χ2v) is 8.95. The second kappa shape index (κ2) is 12.2. The molecule has 4 aromatic rings. The molecular formula is C28H27BrN4O3. The summed E-state index contributed by atoms with van der Waals surface area (Å²) in [6.07, 6.45) is 3.70. The number of ether oxygens (including phenoxy) is 2. The number of nitrogens with zero attached hydrogens (tertiary/aromatic N) is 3. The molecule has 1 unspecified atom stereocenters. The maximum Gasteiger partial charge on any atom is 0.280 e. The van der Waals surface area contributed by atoms with Crippen LogP contribution in [0.1, 0.15) is 25.8 Å². The molecule has 0 bridgehead atoms. The maximum atomic E-state index is 12.5. The zero-order valence-electron chi connectivity index (χ0n) is 20.1. The number of hydrogen-bond acceptors (Lipinski definition) is 5. The summed E-state index contributed by atoms with van der Waals surface area (Å²) in [6.45, 7) is 4.42. The number of benzene rings is 3. The summed E-state index contributed by atoms with van der Waals surface area (Å²) >= 11 is 3.38. The number of carbonyl (C=O) groups is 1. The lowest BCUT2D eigenvalue weighted by Crippen LogP contribution is -2.33. The van der Waals surface area contributed by atoms with Crippen LogP contribution in [-0.2, 0) is 4.79 Å². The quantitative estimate of drug-likeness (QED) is 0.195. The average Bonchev–Trinajstić information content (AvgIpc) is 3.33. The minimum absolute atomic E-state index is 0.358. The van der Waals surface area contributed by atoms with Crippen molar-refractivity contribution < 1.29 is 14.3 Å². The predicted octanol–water partition coefficient (Wildman–Crippen LogP) is 6.01. The Hall–Kier alpha value is -3.91. The van der Waals surface area contributed by atoms with E-state index in [1.54, 1.807) is 30.0 Å². The van der Waals surface area contributed by atoms with Crippen molar-refractivity contribution in [2.75, 3.05) is 6.61 Å². The number of nitrogens with one attached hydrogen (secondary N) is 1. The molecule has 0 fully saturated rings. The molecule has 0 saturated heterocycles.